The summed E-state index contributed by atoms with van der Waals surface area (Å²) >= 11 is 0. The first-order valence-electron chi connectivity index (χ1n) is 6.15. The number of aromatic carboxylic acids is 1. The molecule has 0 spiro atoms. The molecule has 0 amide bonds. The number of rotatable bonds is 3. The van der Waals surface area contributed by atoms with E-state index in [4.69, 9.17) is 5.11 Å². The molecule has 0 aliphatic heterocycles. The van der Waals surface area contributed by atoms with Crippen LogP contribution in [0.2, 0.25) is 0 Å². The first kappa shape index (κ1) is 13.1. The molecule has 3 nitrogen and oxygen atoms in total. The van der Waals surface area contributed by atoms with E-state index in [2.05, 4.69) is 31.3 Å². The molecular formula is C16H17NO2. The molecule has 0 saturated heterocycles. The van der Waals surface area contributed by atoms with Gasteiger partial charge in [-0.2, -0.15) is 0 Å². The van der Waals surface area contributed by atoms with Crippen molar-refractivity contribution in [2.24, 2.45) is 0 Å². The van der Waals surface area contributed by atoms with E-state index < -0.39 is 5.97 Å². The number of hydrogen-bond donors (Lipinski definition) is 2. The molecule has 2 aromatic rings. The Kier molecular flexibility index (Phi) is 3.56. The van der Waals surface area contributed by atoms with Crippen molar-refractivity contribution >= 4 is 17.3 Å². The minimum absolute atomic E-state index is 0.309. The van der Waals surface area contributed by atoms with E-state index in [1.165, 1.54) is 11.1 Å². The molecule has 19 heavy (non-hydrogen) atoms. The van der Waals surface area contributed by atoms with Crippen LogP contribution in [0.3, 0.4) is 0 Å². The molecule has 3 heteroatoms. The van der Waals surface area contributed by atoms with Gasteiger partial charge in [0.05, 0.1) is 5.56 Å². The molecule has 0 bridgehead atoms. The van der Waals surface area contributed by atoms with Gasteiger partial charge in [0.2, 0.25) is 0 Å². The van der Waals surface area contributed by atoms with Crippen molar-refractivity contribution in [2.75, 3.05) is 5.32 Å². The smallest absolute Gasteiger partial charge is 0.335 e. The summed E-state index contributed by atoms with van der Waals surface area (Å²) in [5, 5.41) is 12.3. The number of carboxylic acid groups (broad SMARTS) is 1. The second kappa shape index (κ2) is 5.14. The molecule has 0 fully saturated rings. The number of carboxylic acids is 1. The summed E-state index contributed by atoms with van der Waals surface area (Å²) < 4.78 is 0. The molecule has 0 saturated carbocycles. The van der Waals surface area contributed by atoms with Crippen molar-refractivity contribution < 1.29 is 9.90 Å². The lowest BCUT2D eigenvalue weighted by Gasteiger charge is -2.13. The number of nitrogens with one attached hydrogen (secondary N) is 1. The average Bonchev–Trinajstić information content (AvgIpc) is 2.34. The van der Waals surface area contributed by atoms with Crippen molar-refractivity contribution in [3.8, 4) is 0 Å². The summed E-state index contributed by atoms with van der Waals surface area (Å²) in [5.74, 6) is -0.902. The van der Waals surface area contributed by atoms with E-state index in [9.17, 15) is 4.79 Å². The Labute approximate surface area is 112 Å². The van der Waals surface area contributed by atoms with Crippen LogP contribution in [0.1, 0.15) is 27.0 Å². The number of carbonyl (C=O) groups is 1. The largest absolute Gasteiger partial charge is 0.478 e. The van der Waals surface area contributed by atoms with Gasteiger partial charge >= 0.3 is 5.97 Å². The van der Waals surface area contributed by atoms with Gasteiger partial charge in [-0.05, 0) is 56.2 Å². The quantitative estimate of drug-likeness (QED) is 0.869. The van der Waals surface area contributed by atoms with Gasteiger partial charge in [-0.15, -0.1) is 0 Å². The molecule has 2 N–H and O–H groups in total. The van der Waals surface area contributed by atoms with Gasteiger partial charge in [0, 0.05) is 11.4 Å². The van der Waals surface area contributed by atoms with E-state index in [1.54, 1.807) is 18.2 Å². The maximum Gasteiger partial charge on any atom is 0.335 e. The van der Waals surface area contributed by atoms with Crippen molar-refractivity contribution in [1.29, 1.82) is 0 Å². The molecular weight excluding hydrogens is 238 g/mol. The van der Waals surface area contributed by atoms with Crippen LogP contribution in [0.15, 0.2) is 36.4 Å². The summed E-state index contributed by atoms with van der Waals surface area (Å²) in [6.45, 7) is 6.01. The van der Waals surface area contributed by atoms with E-state index in [1.807, 2.05) is 13.0 Å². The first-order valence-corrected chi connectivity index (χ1v) is 6.15. The lowest BCUT2D eigenvalue weighted by Crippen LogP contribution is -2.00. The van der Waals surface area contributed by atoms with Gasteiger partial charge in [0.1, 0.15) is 0 Å². The summed E-state index contributed by atoms with van der Waals surface area (Å²) in [5.41, 5.74) is 5.58. The second-order valence-electron chi connectivity index (χ2n) is 4.78. The fraction of sp³-hybridized carbons (Fsp3) is 0.188. The van der Waals surface area contributed by atoms with Crippen LogP contribution >= 0.6 is 0 Å². The third-order valence-corrected chi connectivity index (χ3v) is 3.12. The first-order chi connectivity index (χ1) is 8.97. The zero-order valence-corrected chi connectivity index (χ0v) is 11.3. The second-order valence-corrected chi connectivity index (χ2v) is 4.78. The lowest BCUT2D eigenvalue weighted by molar-refractivity contribution is 0.0697. The van der Waals surface area contributed by atoms with Crippen LogP contribution in [0.5, 0.6) is 0 Å². The Morgan fingerprint density at radius 1 is 0.947 bits per heavy atom. The van der Waals surface area contributed by atoms with Crippen molar-refractivity contribution in [2.45, 2.75) is 20.8 Å². The Balaban J connectivity index is 2.31. The summed E-state index contributed by atoms with van der Waals surface area (Å²) in [6.07, 6.45) is 0. The number of anilines is 2. The predicted octanol–water partition coefficient (Wildman–Crippen LogP) is 4.05. The fourth-order valence-electron chi connectivity index (χ4n) is 2.04. The van der Waals surface area contributed by atoms with Crippen LogP contribution in [0.4, 0.5) is 11.4 Å². The van der Waals surface area contributed by atoms with Gasteiger partial charge in [-0.3, -0.25) is 0 Å². The van der Waals surface area contributed by atoms with Crippen molar-refractivity contribution in [1.82, 2.24) is 0 Å². The Hall–Kier alpha value is -2.29. The SMILES string of the molecule is Cc1ccc(Nc2ccc(C(=O)O)cc2C)c(C)c1. The van der Waals surface area contributed by atoms with Crippen molar-refractivity contribution in [3.05, 3.63) is 58.7 Å². The predicted molar refractivity (Wildman–Crippen MR) is 77.3 cm³/mol. The van der Waals surface area contributed by atoms with Gasteiger partial charge in [0.15, 0.2) is 0 Å². The van der Waals surface area contributed by atoms with E-state index in [0.29, 0.717) is 5.56 Å². The average molecular weight is 255 g/mol. The Morgan fingerprint density at radius 2 is 1.53 bits per heavy atom. The molecule has 0 aliphatic rings. The Morgan fingerprint density at radius 3 is 2.05 bits per heavy atom. The number of benzene rings is 2. The van der Waals surface area contributed by atoms with Gasteiger partial charge < -0.3 is 10.4 Å². The van der Waals surface area contributed by atoms with E-state index in [-0.39, 0.29) is 0 Å². The monoisotopic (exact) mass is 255 g/mol. The third-order valence-electron chi connectivity index (χ3n) is 3.12. The third kappa shape index (κ3) is 2.94. The standard InChI is InChI=1S/C16H17NO2/c1-10-4-6-14(11(2)8-10)17-15-7-5-13(16(18)19)9-12(15)3/h4-9,17H,1-3H3,(H,18,19). The van der Waals surface area contributed by atoms with E-state index in [0.717, 1.165) is 16.9 Å². The minimum Gasteiger partial charge on any atom is -0.478 e. The molecule has 0 aliphatic carbocycles. The maximum atomic E-state index is 10.9. The highest BCUT2D eigenvalue weighted by Gasteiger charge is 2.06. The maximum absolute atomic E-state index is 10.9. The van der Waals surface area contributed by atoms with Gasteiger partial charge in [0.25, 0.3) is 0 Å². The molecule has 0 atom stereocenters. The lowest BCUT2D eigenvalue weighted by atomic mass is 10.1. The van der Waals surface area contributed by atoms with Crippen LogP contribution < -0.4 is 5.32 Å². The molecule has 2 rings (SSSR count). The topological polar surface area (TPSA) is 49.3 Å². The number of aryl methyl sites for hydroxylation is 3. The van der Waals surface area contributed by atoms with Gasteiger partial charge in [-0.25, -0.2) is 4.79 Å². The molecule has 0 radical (unpaired) electrons. The zero-order chi connectivity index (χ0) is 14.0. The van der Waals surface area contributed by atoms with Gasteiger partial charge in [-0.1, -0.05) is 17.7 Å². The summed E-state index contributed by atoms with van der Waals surface area (Å²) in [4.78, 5) is 10.9. The van der Waals surface area contributed by atoms with E-state index >= 15 is 0 Å². The minimum atomic E-state index is -0.902. The summed E-state index contributed by atoms with van der Waals surface area (Å²) in [7, 11) is 0. The molecule has 0 unspecified atom stereocenters. The molecule has 0 heterocycles. The highest BCUT2D eigenvalue weighted by Crippen LogP contribution is 2.24. The van der Waals surface area contributed by atoms with Crippen LogP contribution in [0, 0.1) is 20.8 Å². The molecule has 98 valence electrons. The van der Waals surface area contributed by atoms with Crippen LogP contribution in [-0.2, 0) is 0 Å². The number of hydrogen-bond acceptors (Lipinski definition) is 2. The molecule has 0 aromatic heterocycles. The zero-order valence-electron chi connectivity index (χ0n) is 11.3. The normalized spacial score (nSPS) is 10.3. The van der Waals surface area contributed by atoms with Crippen molar-refractivity contribution in [3.63, 3.8) is 0 Å². The summed E-state index contributed by atoms with van der Waals surface area (Å²) in [6, 6.07) is 11.3. The highest BCUT2D eigenvalue weighted by molar-refractivity contribution is 5.88. The highest BCUT2D eigenvalue weighted by atomic mass is 16.4. The molecule has 2 aromatic carbocycles. The Bertz CT molecular complexity index is 633. The van der Waals surface area contributed by atoms with Crippen LogP contribution in [-0.4, -0.2) is 11.1 Å². The van der Waals surface area contributed by atoms with Crippen LogP contribution in [0.25, 0.3) is 0 Å². The fourth-order valence-corrected chi connectivity index (χ4v) is 2.04.